The molecule has 2 amide bonds. The molecule has 0 saturated heterocycles. The van der Waals surface area contributed by atoms with Crippen molar-refractivity contribution in [1.29, 1.82) is 0 Å². The minimum atomic E-state index is -1.05. The quantitative estimate of drug-likeness (QED) is 0.722. The van der Waals surface area contributed by atoms with Gasteiger partial charge in [0.05, 0.1) is 0 Å². The van der Waals surface area contributed by atoms with E-state index < -0.39 is 18.0 Å². The van der Waals surface area contributed by atoms with Crippen molar-refractivity contribution in [2.24, 2.45) is 0 Å². The van der Waals surface area contributed by atoms with Gasteiger partial charge in [0.1, 0.15) is 6.04 Å². The van der Waals surface area contributed by atoms with Crippen LogP contribution >= 0.6 is 11.3 Å². The Balaban J connectivity index is 2.18. The van der Waals surface area contributed by atoms with Gasteiger partial charge in [0.25, 0.3) is 0 Å². The average Bonchev–Trinajstić information content (AvgIpc) is 2.70. The van der Waals surface area contributed by atoms with Crippen molar-refractivity contribution < 1.29 is 14.7 Å². The molecule has 0 unspecified atom stereocenters. The molecule has 0 radical (unpaired) electrons. The lowest BCUT2D eigenvalue weighted by molar-refractivity contribution is -0.138. The first-order chi connectivity index (χ1) is 7.59. The monoisotopic (exact) mass is 242 g/mol. The summed E-state index contributed by atoms with van der Waals surface area (Å²) in [5.41, 5.74) is 1.16. The van der Waals surface area contributed by atoms with Gasteiger partial charge < -0.3 is 15.7 Å². The Kier molecular flexibility index (Phi) is 4.78. The van der Waals surface area contributed by atoms with E-state index >= 15 is 0 Å². The first kappa shape index (κ1) is 12.5. The van der Waals surface area contributed by atoms with Gasteiger partial charge in [-0.15, -0.1) is 0 Å². The van der Waals surface area contributed by atoms with Crippen molar-refractivity contribution in [3.8, 4) is 0 Å². The lowest BCUT2D eigenvalue weighted by atomic mass is 10.2. The predicted molar refractivity (Wildman–Crippen MR) is 61.7 cm³/mol. The largest absolute Gasteiger partial charge is 0.480 e. The molecule has 0 bridgehead atoms. The standard InChI is InChI=1S/C10H14N2O3S/c1-7(9(13)14)12-10(15)11-4-2-8-3-5-16-6-8/h3,5-7H,2,4H2,1H3,(H,13,14)(H2,11,12,15)/t7-/m0/s1. The number of hydrogen-bond donors (Lipinski definition) is 3. The van der Waals surface area contributed by atoms with Crippen LogP contribution in [-0.2, 0) is 11.2 Å². The minimum absolute atomic E-state index is 0.454. The van der Waals surface area contributed by atoms with E-state index in [1.54, 1.807) is 11.3 Å². The molecule has 0 aliphatic rings. The topological polar surface area (TPSA) is 78.4 Å². The van der Waals surface area contributed by atoms with Crippen molar-refractivity contribution in [3.05, 3.63) is 22.4 Å². The Morgan fingerprint density at radius 1 is 1.56 bits per heavy atom. The van der Waals surface area contributed by atoms with Crippen LogP contribution in [0.2, 0.25) is 0 Å². The molecule has 16 heavy (non-hydrogen) atoms. The van der Waals surface area contributed by atoms with Crippen LogP contribution in [0.3, 0.4) is 0 Å². The highest BCUT2D eigenvalue weighted by molar-refractivity contribution is 7.07. The van der Waals surface area contributed by atoms with Gasteiger partial charge in [-0.3, -0.25) is 4.79 Å². The number of amides is 2. The molecule has 3 N–H and O–H groups in total. The van der Waals surface area contributed by atoms with Crippen molar-refractivity contribution in [2.45, 2.75) is 19.4 Å². The highest BCUT2D eigenvalue weighted by Crippen LogP contribution is 2.05. The van der Waals surface area contributed by atoms with Gasteiger partial charge in [-0.2, -0.15) is 11.3 Å². The fraction of sp³-hybridized carbons (Fsp3) is 0.400. The fourth-order valence-electron chi connectivity index (χ4n) is 1.06. The van der Waals surface area contributed by atoms with Gasteiger partial charge in [0.2, 0.25) is 0 Å². The lowest BCUT2D eigenvalue weighted by Gasteiger charge is -2.10. The normalized spacial score (nSPS) is 11.8. The maximum Gasteiger partial charge on any atom is 0.325 e. The fourth-order valence-corrected chi connectivity index (χ4v) is 1.77. The number of nitrogens with one attached hydrogen (secondary N) is 2. The summed E-state index contributed by atoms with van der Waals surface area (Å²) in [5.74, 6) is -1.05. The second-order valence-corrected chi connectivity index (χ2v) is 4.12. The van der Waals surface area contributed by atoms with Crippen LogP contribution in [0.5, 0.6) is 0 Å². The zero-order chi connectivity index (χ0) is 12.0. The number of urea groups is 1. The zero-order valence-electron chi connectivity index (χ0n) is 8.90. The Morgan fingerprint density at radius 2 is 2.31 bits per heavy atom. The number of rotatable bonds is 5. The molecule has 0 aliphatic carbocycles. The van der Waals surface area contributed by atoms with E-state index in [4.69, 9.17) is 5.11 Å². The van der Waals surface area contributed by atoms with Crippen LogP contribution in [0.4, 0.5) is 4.79 Å². The van der Waals surface area contributed by atoms with Gasteiger partial charge >= 0.3 is 12.0 Å². The summed E-state index contributed by atoms with van der Waals surface area (Å²) in [6.07, 6.45) is 0.748. The van der Waals surface area contributed by atoms with E-state index in [1.165, 1.54) is 6.92 Å². The molecule has 0 fully saturated rings. The molecular formula is C10H14N2O3S. The summed E-state index contributed by atoms with van der Waals surface area (Å²) in [7, 11) is 0. The lowest BCUT2D eigenvalue weighted by Crippen LogP contribution is -2.44. The molecule has 1 atom stereocenters. The third-order valence-corrected chi connectivity index (χ3v) is 2.73. The number of carbonyl (C=O) groups is 2. The maximum absolute atomic E-state index is 11.2. The number of aliphatic carboxylic acids is 1. The van der Waals surface area contributed by atoms with E-state index in [2.05, 4.69) is 10.6 Å². The van der Waals surface area contributed by atoms with Crippen LogP contribution in [0.15, 0.2) is 16.8 Å². The highest BCUT2D eigenvalue weighted by Gasteiger charge is 2.12. The highest BCUT2D eigenvalue weighted by atomic mass is 32.1. The number of carboxylic acid groups (broad SMARTS) is 1. The molecule has 5 nitrogen and oxygen atoms in total. The van der Waals surface area contributed by atoms with Gasteiger partial charge in [0.15, 0.2) is 0 Å². The van der Waals surface area contributed by atoms with Crippen LogP contribution in [0.25, 0.3) is 0 Å². The van der Waals surface area contributed by atoms with E-state index in [9.17, 15) is 9.59 Å². The summed E-state index contributed by atoms with van der Waals surface area (Å²) < 4.78 is 0. The Bertz CT molecular complexity index is 351. The van der Waals surface area contributed by atoms with Gasteiger partial charge in [-0.05, 0) is 35.7 Å². The van der Waals surface area contributed by atoms with Crippen LogP contribution < -0.4 is 10.6 Å². The molecular weight excluding hydrogens is 228 g/mol. The molecule has 0 aliphatic heterocycles. The van der Waals surface area contributed by atoms with E-state index in [1.807, 2.05) is 16.8 Å². The molecule has 0 saturated carbocycles. The molecule has 1 aromatic rings. The number of carboxylic acids is 1. The van der Waals surface area contributed by atoms with E-state index in [0.717, 1.165) is 12.0 Å². The first-order valence-corrected chi connectivity index (χ1v) is 5.82. The molecule has 1 aromatic heterocycles. The molecule has 1 rings (SSSR count). The zero-order valence-corrected chi connectivity index (χ0v) is 9.71. The molecule has 1 heterocycles. The van der Waals surface area contributed by atoms with Gasteiger partial charge in [-0.25, -0.2) is 4.79 Å². The Hall–Kier alpha value is -1.56. The van der Waals surface area contributed by atoms with Crippen LogP contribution in [0.1, 0.15) is 12.5 Å². The van der Waals surface area contributed by atoms with Crippen molar-refractivity contribution in [2.75, 3.05) is 6.54 Å². The van der Waals surface area contributed by atoms with Gasteiger partial charge in [-0.1, -0.05) is 0 Å². The second kappa shape index (κ2) is 6.12. The number of thiophene rings is 1. The smallest absolute Gasteiger partial charge is 0.325 e. The number of carbonyl (C=O) groups excluding carboxylic acids is 1. The average molecular weight is 242 g/mol. The summed E-state index contributed by atoms with van der Waals surface area (Å²) in [6, 6.07) is 0.663. The van der Waals surface area contributed by atoms with Crippen molar-refractivity contribution in [1.82, 2.24) is 10.6 Å². The van der Waals surface area contributed by atoms with Crippen LogP contribution in [0, 0.1) is 0 Å². The summed E-state index contributed by atoms with van der Waals surface area (Å²) in [4.78, 5) is 21.7. The predicted octanol–water partition coefficient (Wildman–Crippen LogP) is 1.06. The van der Waals surface area contributed by atoms with Crippen molar-refractivity contribution >= 4 is 23.3 Å². The minimum Gasteiger partial charge on any atom is -0.480 e. The first-order valence-electron chi connectivity index (χ1n) is 4.88. The second-order valence-electron chi connectivity index (χ2n) is 3.34. The third kappa shape index (κ3) is 4.31. The van der Waals surface area contributed by atoms with E-state index in [0.29, 0.717) is 6.54 Å². The molecule has 0 aromatic carbocycles. The van der Waals surface area contributed by atoms with Crippen LogP contribution in [-0.4, -0.2) is 29.7 Å². The molecule has 88 valence electrons. The number of hydrogen-bond acceptors (Lipinski definition) is 3. The van der Waals surface area contributed by atoms with E-state index in [-0.39, 0.29) is 0 Å². The Labute approximate surface area is 97.5 Å². The SMILES string of the molecule is C[C@H](NC(=O)NCCc1ccsc1)C(=O)O. The Morgan fingerprint density at radius 3 is 2.88 bits per heavy atom. The van der Waals surface area contributed by atoms with Crippen molar-refractivity contribution in [3.63, 3.8) is 0 Å². The molecule has 0 spiro atoms. The summed E-state index contributed by atoms with van der Waals surface area (Å²) in [5, 5.41) is 17.5. The third-order valence-electron chi connectivity index (χ3n) is 2.00. The van der Waals surface area contributed by atoms with Gasteiger partial charge in [0, 0.05) is 6.54 Å². The summed E-state index contributed by atoms with van der Waals surface area (Å²) >= 11 is 1.61. The molecule has 6 heteroatoms. The maximum atomic E-state index is 11.2. The summed E-state index contributed by atoms with van der Waals surface area (Å²) in [6.45, 7) is 1.91.